The number of hydrogen-bond donors (Lipinski definition) is 4. The fraction of sp³-hybridized carbons (Fsp3) is 0.714. The number of methoxy groups -OCH3 is 1. The average Bonchev–Trinajstić information content (AvgIpc) is 2.68. The number of piperidine rings is 1. The van der Waals surface area contributed by atoms with Gasteiger partial charge in [0.1, 0.15) is 17.9 Å². The van der Waals surface area contributed by atoms with Crippen molar-refractivity contribution in [1.82, 2.24) is 15.6 Å². The van der Waals surface area contributed by atoms with Gasteiger partial charge in [-0.05, 0) is 44.7 Å². The summed E-state index contributed by atoms with van der Waals surface area (Å²) in [5.41, 5.74) is 1.71. The summed E-state index contributed by atoms with van der Waals surface area (Å²) in [5.74, 6) is 0.972. The molecule has 0 spiro atoms. The predicted octanol–water partition coefficient (Wildman–Crippen LogP) is 2.16. The van der Waals surface area contributed by atoms with E-state index in [9.17, 15) is 5.11 Å². The lowest BCUT2D eigenvalue weighted by molar-refractivity contribution is 0.0533. The van der Waals surface area contributed by atoms with Gasteiger partial charge in [-0.2, -0.15) is 0 Å². The maximum atomic E-state index is 9.61. The number of aliphatic hydroxyl groups is 1. The Morgan fingerprint density at radius 1 is 1.32 bits per heavy atom. The summed E-state index contributed by atoms with van der Waals surface area (Å²) in [7, 11) is 1.78. The monoisotopic (exact) mass is 389 g/mol. The first-order chi connectivity index (χ1) is 13.5. The topological polar surface area (TPSA) is 93.5 Å². The first-order valence-corrected chi connectivity index (χ1v) is 10.5. The molecule has 1 aromatic heterocycles. The molecule has 0 bridgehead atoms. The Morgan fingerprint density at radius 3 is 2.75 bits per heavy atom. The lowest BCUT2D eigenvalue weighted by Gasteiger charge is -2.41. The Kier molecular flexibility index (Phi) is 7.26. The molecule has 4 N–H and O–H groups in total. The molecule has 1 unspecified atom stereocenters. The highest BCUT2D eigenvalue weighted by atomic mass is 16.5. The number of hydrogen-bond acceptors (Lipinski definition) is 6. The van der Waals surface area contributed by atoms with Crippen LogP contribution in [0.3, 0.4) is 0 Å². The summed E-state index contributed by atoms with van der Waals surface area (Å²) in [4.78, 5) is 6.84. The van der Waals surface area contributed by atoms with E-state index in [1.807, 2.05) is 19.2 Å². The molecule has 1 saturated carbocycles. The molecule has 28 heavy (non-hydrogen) atoms. The molecule has 2 fully saturated rings. The van der Waals surface area contributed by atoms with Gasteiger partial charge in [-0.15, -0.1) is 0 Å². The van der Waals surface area contributed by atoms with Gasteiger partial charge in [-0.3, -0.25) is 5.41 Å². The van der Waals surface area contributed by atoms with E-state index >= 15 is 0 Å². The van der Waals surface area contributed by atoms with Crippen LogP contribution in [-0.4, -0.2) is 60.5 Å². The number of nitrogens with one attached hydrogen (secondary N) is 3. The maximum absolute atomic E-state index is 9.61. The second-order valence-electron chi connectivity index (χ2n) is 8.20. The van der Waals surface area contributed by atoms with Gasteiger partial charge in [0.2, 0.25) is 0 Å². The standard InChI is InChI=1S/C21H35N5O2/c1-14-11-17(20(22)24-15(2)27)21(23-12-14)26-10-9-18(19(13-26)28-3)25-16-7-5-4-6-8-16/h11-12,15-16,18-19,25,27H,4-10,13H2,1-3H3,(H2,22,24)/t15?,18-,19+/m1/s1. The summed E-state index contributed by atoms with van der Waals surface area (Å²) in [5, 5.41) is 24.6. The van der Waals surface area contributed by atoms with E-state index in [0.717, 1.165) is 36.5 Å². The molecule has 2 heterocycles. The Hall–Kier alpha value is -1.70. The maximum Gasteiger partial charge on any atom is 0.139 e. The Bertz CT molecular complexity index is 660. The molecule has 1 aliphatic carbocycles. The molecule has 3 rings (SSSR count). The zero-order valence-corrected chi connectivity index (χ0v) is 17.4. The minimum absolute atomic E-state index is 0.0885. The smallest absolute Gasteiger partial charge is 0.139 e. The number of rotatable bonds is 6. The molecule has 0 amide bonds. The van der Waals surface area contributed by atoms with Crippen molar-refractivity contribution in [1.29, 1.82) is 5.41 Å². The second-order valence-corrected chi connectivity index (χ2v) is 8.20. The molecular formula is C21H35N5O2. The number of aryl methyl sites for hydroxylation is 1. The van der Waals surface area contributed by atoms with E-state index in [2.05, 4.69) is 20.5 Å². The van der Waals surface area contributed by atoms with Crippen molar-refractivity contribution < 1.29 is 9.84 Å². The van der Waals surface area contributed by atoms with Crippen LogP contribution in [-0.2, 0) is 4.74 Å². The lowest BCUT2D eigenvalue weighted by Crippen LogP contribution is -2.56. The van der Waals surface area contributed by atoms with Crippen LogP contribution in [0, 0.1) is 12.3 Å². The quantitative estimate of drug-likeness (QED) is 0.338. The Labute approximate surface area is 168 Å². The van der Waals surface area contributed by atoms with Crippen LogP contribution in [0.1, 0.15) is 56.6 Å². The minimum atomic E-state index is -0.780. The SMILES string of the molecule is CO[C@H]1CN(c2ncc(C)cc2C(=N)NC(C)O)CC[C@H]1NC1CCCCC1. The summed E-state index contributed by atoms with van der Waals surface area (Å²) < 4.78 is 5.84. The third-order valence-electron chi connectivity index (χ3n) is 5.84. The zero-order valence-electron chi connectivity index (χ0n) is 17.4. The fourth-order valence-electron chi connectivity index (χ4n) is 4.39. The van der Waals surface area contributed by atoms with Gasteiger partial charge in [0.25, 0.3) is 0 Å². The first-order valence-electron chi connectivity index (χ1n) is 10.5. The summed E-state index contributed by atoms with van der Waals surface area (Å²) in [6, 6.07) is 2.92. The third-order valence-corrected chi connectivity index (χ3v) is 5.84. The number of aromatic nitrogens is 1. The molecule has 7 heteroatoms. The van der Waals surface area contributed by atoms with Crippen molar-refractivity contribution in [3.05, 3.63) is 23.4 Å². The third kappa shape index (κ3) is 5.21. The molecule has 1 aliphatic heterocycles. The van der Waals surface area contributed by atoms with Gasteiger partial charge in [-0.1, -0.05) is 19.3 Å². The average molecular weight is 390 g/mol. The van der Waals surface area contributed by atoms with Crippen molar-refractivity contribution in [2.75, 3.05) is 25.1 Å². The van der Waals surface area contributed by atoms with Gasteiger partial charge in [-0.25, -0.2) is 4.98 Å². The molecule has 1 saturated heterocycles. The Morgan fingerprint density at radius 2 is 2.07 bits per heavy atom. The minimum Gasteiger partial charge on any atom is -0.378 e. The van der Waals surface area contributed by atoms with Crippen LogP contribution in [0.4, 0.5) is 5.82 Å². The predicted molar refractivity (Wildman–Crippen MR) is 112 cm³/mol. The lowest BCUT2D eigenvalue weighted by atomic mass is 9.92. The normalized spacial score (nSPS) is 24.8. The largest absolute Gasteiger partial charge is 0.378 e. The molecule has 0 aromatic carbocycles. The summed E-state index contributed by atoms with van der Waals surface area (Å²) in [6.07, 6.45) is 8.67. The zero-order chi connectivity index (χ0) is 20.1. The van der Waals surface area contributed by atoms with Gasteiger partial charge in [0.05, 0.1) is 11.7 Å². The van der Waals surface area contributed by atoms with Gasteiger partial charge < -0.3 is 25.4 Å². The summed E-state index contributed by atoms with van der Waals surface area (Å²) >= 11 is 0. The van der Waals surface area contributed by atoms with Crippen LogP contribution < -0.4 is 15.5 Å². The number of anilines is 1. The molecule has 0 radical (unpaired) electrons. The molecule has 156 valence electrons. The van der Waals surface area contributed by atoms with Gasteiger partial charge in [0.15, 0.2) is 0 Å². The van der Waals surface area contributed by atoms with E-state index < -0.39 is 6.23 Å². The van der Waals surface area contributed by atoms with Crippen LogP contribution in [0.2, 0.25) is 0 Å². The number of pyridine rings is 1. The van der Waals surface area contributed by atoms with Crippen LogP contribution in [0.15, 0.2) is 12.3 Å². The van der Waals surface area contributed by atoms with Crippen LogP contribution in [0.25, 0.3) is 0 Å². The van der Waals surface area contributed by atoms with Gasteiger partial charge in [0, 0.05) is 38.5 Å². The van der Waals surface area contributed by atoms with E-state index in [4.69, 9.17) is 10.1 Å². The number of aliphatic hydroxyl groups excluding tert-OH is 1. The first kappa shape index (κ1) is 21.0. The number of amidine groups is 1. The Balaban J connectivity index is 1.72. The highest BCUT2D eigenvalue weighted by Crippen LogP contribution is 2.26. The second kappa shape index (κ2) is 9.67. The number of nitrogens with zero attached hydrogens (tertiary/aromatic N) is 2. The highest BCUT2D eigenvalue weighted by molar-refractivity contribution is 6.01. The van der Waals surface area contributed by atoms with Gasteiger partial charge >= 0.3 is 0 Å². The van der Waals surface area contributed by atoms with Crippen molar-refractivity contribution in [3.63, 3.8) is 0 Å². The van der Waals surface area contributed by atoms with Crippen molar-refractivity contribution in [2.45, 2.75) is 76.8 Å². The molecule has 2 aliphatic rings. The molecule has 7 nitrogen and oxygen atoms in total. The van der Waals surface area contributed by atoms with Crippen LogP contribution in [0.5, 0.6) is 0 Å². The van der Waals surface area contributed by atoms with Crippen molar-refractivity contribution in [2.24, 2.45) is 0 Å². The molecule has 3 atom stereocenters. The van der Waals surface area contributed by atoms with Crippen LogP contribution >= 0.6 is 0 Å². The fourth-order valence-corrected chi connectivity index (χ4v) is 4.39. The highest BCUT2D eigenvalue weighted by Gasteiger charge is 2.32. The molecular weight excluding hydrogens is 354 g/mol. The van der Waals surface area contributed by atoms with Crippen molar-refractivity contribution in [3.8, 4) is 0 Å². The van der Waals surface area contributed by atoms with E-state index in [0.29, 0.717) is 12.1 Å². The molecule has 1 aromatic rings. The summed E-state index contributed by atoms with van der Waals surface area (Å²) in [6.45, 7) is 5.19. The number of ether oxygens (including phenoxy) is 1. The van der Waals surface area contributed by atoms with Crippen molar-refractivity contribution >= 4 is 11.7 Å². The van der Waals surface area contributed by atoms with E-state index in [1.165, 1.54) is 32.1 Å². The van der Waals surface area contributed by atoms with E-state index in [-0.39, 0.29) is 11.9 Å². The van der Waals surface area contributed by atoms with E-state index in [1.54, 1.807) is 14.0 Å².